The minimum atomic E-state index is -0.556. The van der Waals surface area contributed by atoms with E-state index < -0.39 is 5.41 Å². The highest BCUT2D eigenvalue weighted by molar-refractivity contribution is 6.02. The van der Waals surface area contributed by atoms with E-state index in [2.05, 4.69) is 12.3 Å². The van der Waals surface area contributed by atoms with Crippen molar-refractivity contribution in [3.8, 4) is 11.8 Å². The molecule has 2 aromatic rings. The first-order valence-corrected chi connectivity index (χ1v) is 8.86. The largest absolute Gasteiger partial charge is 0.497 e. The van der Waals surface area contributed by atoms with Crippen molar-refractivity contribution in [2.45, 2.75) is 25.2 Å². The number of ether oxygens (including phenoxy) is 1. The van der Waals surface area contributed by atoms with Crippen molar-refractivity contribution in [2.24, 2.45) is 18.9 Å². The Kier molecular flexibility index (Phi) is 3.73. The van der Waals surface area contributed by atoms with Crippen LogP contribution in [0.15, 0.2) is 42.1 Å². The molecule has 0 aliphatic heterocycles. The molecular formula is C21H21N3O2. The average Bonchev–Trinajstić information content (AvgIpc) is 3.05. The van der Waals surface area contributed by atoms with Gasteiger partial charge in [0.15, 0.2) is 5.78 Å². The first-order valence-electron chi connectivity index (χ1n) is 8.86. The van der Waals surface area contributed by atoms with Crippen LogP contribution in [0.1, 0.15) is 30.2 Å². The van der Waals surface area contributed by atoms with Crippen LogP contribution in [-0.2, 0) is 23.7 Å². The van der Waals surface area contributed by atoms with Gasteiger partial charge in [0.1, 0.15) is 11.8 Å². The van der Waals surface area contributed by atoms with E-state index in [-0.39, 0.29) is 23.2 Å². The van der Waals surface area contributed by atoms with E-state index in [1.54, 1.807) is 7.11 Å². The molecule has 2 aliphatic rings. The van der Waals surface area contributed by atoms with Crippen LogP contribution in [-0.4, -0.2) is 22.7 Å². The third kappa shape index (κ3) is 2.15. The lowest BCUT2D eigenvalue weighted by atomic mass is 9.54. The van der Waals surface area contributed by atoms with Crippen molar-refractivity contribution in [3.05, 3.63) is 58.9 Å². The number of Topliss-reactive ketones (excluding diaryl/α,β-unsaturated/α-hetero) is 1. The van der Waals surface area contributed by atoms with Crippen molar-refractivity contribution >= 4 is 5.78 Å². The standard InChI is InChI=1S/C21H21N3O2/c1-13-18-9-4-14-12-24(2)23-20(14)21(18,10-15(11-22)19(13)25)16-5-7-17(26-3)8-6-16/h5-8,10,12-13,18H,4,9H2,1-3H3/t13-,18-,21+/m0/s1. The molecule has 0 fully saturated rings. The lowest BCUT2D eigenvalue weighted by molar-refractivity contribution is -0.121. The quantitative estimate of drug-likeness (QED) is 0.838. The zero-order chi connectivity index (χ0) is 18.5. The van der Waals surface area contributed by atoms with Gasteiger partial charge in [0.05, 0.1) is 23.8 Å². The zero-order valence-electron chi connectivity index (χ0n) is 15.2. The number of aryl methyl sites for hydroxylation is 2. The van der Waals surface area contributed by atoms with Gasteiger partial charge in [-0.05, 0) is 48.1 Å². The topological polar surface area (TPSA) is 67.9 Å². The molecule has 2 aliphatic carbocycles. The highest BCUT2D eigenvalue weighted by Crippen LogP contribution is 2.53. The fourth-order valence-corrected chi connectivity index (χ4v) is 4.72. The van der Waals surface area contributed by atoms with Crippen LogP contribution in [0.5, 0.6) is 5.75 Å². The SMILES string of the molecule is COc1ccc([C@]23C=C(C#N)C(=O)[C@@H](C)[C@@H]2CCc2cn(C)nc23)cc1. The van der Waals surface area contributed by atoms with E-state index in [4.69, 9.17) is 9.84 Å². The first kappa shape index (κ1) is 16.6. The van der Waals surface area contributed by atoms with Crippen molar-refractivity contribution in [2.75, 3.05) is 7.11 Å². The van der Waals surface area contributed by atoms with Crippen LogP contribution in [0, 0.1) is 23.2 Å². The normalized spacial score (nSPS) is 27.2. The Morgan fingerprint density at radius 3 is 2.73 bits per heavy atom. The number of rotatable bonds is 2. The molecule has 0 N–H and O–H groups in total. The number of ketones is 1. The molecule has 4 rings (SSSR count). The van der Waals surface area contributed by atoms with Gasteiger partial charge in [0.25, 0.3) is 0 Å². The Balaban J connectivity index is 2.04. The van der Waals surface area contributed by atoms with E-state index in [0.717, 1.165) is 29.8 Å². The van der Waals surface area contributed by atoms with Gasteiger partial charge in [-0.3, -0.25) is 9.48 Å². The van der Waals surface area contributed by atoms with Crippen LogP contribution in [0.2, 0.25) is 0 Å². The lowest BCUT2D eigenvalue weighted by Crippen LogP contribution is -2.48. The fourth-order valence-electron chi connectivity index (χ4n) is 4.72. The van der Waals surface area contributed by atoms with Gasteiger partial charge in [-0.1, -0.05) is 19.1 Å². The number of carbonyl (C=O) groups excluding carboxylic acids is 1. The second-order valence-corrected chi connectivity index (χ2v) is 7.24. The molecule has 1 aromatic heterocycles. The third-order valence-corrected chi connectivity index (χ3v) is 5.95. The summed E-state index contributed by atoms with van der Waals surface area (Å²) < 4.78 is 7.14. The lowest BCUT2D eigenvalue weighted by Gasteiger charge is -2.46. The summed E-state index contributed by atoms with van der Waals surface area (Å²) in [6.45, 7) is 1.95. The summed E-state index contributed by atoms with van der Waals surface area (Å²) in [6.07, 6.45) is 5.72. The molecule has 0 saturated carbocycles. The molecule has 0 radical (unpaired) electrons. The maximum Gasteiger partial charge on any atom is 0.176 e. The van der Waals surface area contributed by atoms with Crippen molar-refractivity contribution in [3.63, 3.8) is 0 Å². The molecule has 1 heterocycles. The molecule has 1 aromatic carbocycles. The van der Waals surface area contributed by atoms with Crippen LogP contribution >= 0.6 is 0 Å². The summed E-state index contributed by atoms with van der Waals surface area (Å²) in [5.74, 6) is 0.596. The third-order valence-electron chi connectivity index (χ3n) is 5.95. The summed E-state index contributed by atoms with van der Waals surface area (Å²) in [5.41, 5.74) is 2.89. The zero-order valence-corrected chi connectivity index (χ0v) is 15.2. The highest BCUT2D eigenvalue weighted by atomic mass is 16.5. The molecule has 132 valence electrons. The van der Waals surface area contributed by atoms with Gasteiger partial charge in [-0.15, -0.1) is 0 Å². The Labute approximate surface area is 152 Å². The Morgan fingerprint density at radius 2 is 2.08 bits per heavy atom. The molecule has 3 atom stereocenters. The number of aromatic nitrogens is 2. The molecular weight excluding hydrogens is 326 g/mol. The van der Waals surface area contributed by atoms with Crippen molar-refractivity contribution in [1.29, 1.82) is 5.26 Å². The second-order valence-electron chi connectivity index (χ2n) is 7.24. The van der Waals surface area contributed by atoms with Crippen LogP contribution in [0.25, 0.3) is 0 Å². The molecule has 0 saturated heterocycles. The maximum atomic E-state index is 12.7. The van der Waals surface area contributed by atoms with Crippen molar-refractivity contribution in [1.82, 2.24) is 9.78 Å². The van der Waals surface area contributed by atoms with E-state index in [1.165, 1.54) is 5.56 Å². The smallest absolute Gasteiger partial charge is 0.176 e. The van der Waals surface area contributed by atoms with Crippen LogP contribution in [0.3, 0.4) is 0 Å². The summed E-state index contributed by atoms with van der Waals surface area (Å²) in [4.78, 5) is 12.7. The molecule has 5 heteroatoms. The summed E-state index contributed by atoms with van der Waals surface area (Å²) in [6, 6.07) is 10.0. The number of carbonyl (C=O) groups is 1. The maximum absolute atomic E-state index is 12.7. The van der Waals surface area contributed by atoms with Gasteiger partial charge in [-0.25, -0.2) is 0 Å². The molecule has 0 bridgehead atoms. The Bertz CT molecular complexity index is 949. The first-order chi connectivity index (χ1) is 12.5. The number of hydrogen-bond donors (Lipinski definition) is 0. The molecule has 5 nitrogen and oxygen atoms in total. The fraction of sp³-hybridized carbons (Fsp3) is 0.381. The number of nitrogens with zero attached hydrogens (tertiary/aromatic N) is 3. The summed E-state index contributed by atoms with van der Waals surface area (Å²) >= 11 is 0. The number of fused-ring (bicyclic) bond motifs is 3. The summed E-state index contributed by atoms with van der Waals surface area (Å²) in [5, 5.41) is 14.4. The number of nitriles is 1. The van der Waals surface area contributed by atoms with Gasteiger partial charge >= 0.3 is 0 Å². The highest BCUT2D eigenvalue weighted by Gasteiger charge is 2.53. The molecule has 0 unspecified atom stereocenters. The van der Waals surface area contributed by atoms with Gasteiger partial charge in [0, 0.05) is 19.2 Å². The predicted octanol–water partition coefficient (Wildman–Crippen LogP) is 2.95. The van der Waals surface area contributed by atoms with E-state index in [0.29, 0.717) is 0 Å². The number of hydrogen-bond acceptors (Lipinski definition) is 4. The number of benzene rings is 1. The Hall–Kier alpha value is -2.87. The minimum Gasteiger partial charge on any atom is -0.497 e. The minimum absolute atomic E-state index is 0.0546. The van der Waals surface area contributed by atoms with Gasteiger partial charge in [0.2, 0.25) is 0 Å². The van der Waals surface area contributed by atoms with Crippen LogP contribution in [0.4, 0.5) is 0 Å². The number of allylic oxidation sites excluding steroid dienone is 2. The summed E-state index contributed by atoms with van der Waals surface area (Å²) in [7, 11) is 3.56. The molecule has 0 amide bonds. The van der Waals surface area contributed by atoms with Gasteiger partial charge < -0.3 is 4.74 Å². The van der Waals surface area contributed by atoms with Crippen LogP contribution < -0.4 is 4.74 Å². The van der Waals surface area contributed by atoms with E-state index in [1.807, 2.05) is 49.0 Å². The van der Waals surface area contributed by atoms with Crippen molar-refractivity contribution < 1.29 is 9.53 Å². The average molecular weight is 347 g/mol. The van der Waals surface area contributed by atoms with E-state index >= 15 is 0 Å². The molecule has 0 spiro atoms. The molecule has 26 heavy (non-hydrogen) atoms. The second kappa shape index (κ2) is 5.84. The van der Waals surface area contributed by atoms with Gasteiger partial charge in [-0.2, -0.15) is 10.4 Å². The Morgan fingerprint density at radius 1 is 1.35 bits per heavy atom. The monoisotopic (exact) mass is 347 g/mol. The number of methoxy groups -OCH3 is 1. The van der Waals surface area contributed by atoms with E-state index in [9.17, 15) is 10.1 Å². The predicted molar refractivity (Wildman–Crippen MR) is 96.7 cm³/mol.